The lowest BCUT2D eigenvalue weighted by Crippen LogP contribution is -2.43. The van der Waals surface area contributed by atoms with Crippen molar-refractivity contribution in [2.24, 2.45) is 0 Å². The molecule has 0 bridgehead atoms. The molecule has 138 valence electrons. The molecule has 2 atom stereocenters. The second kappa shape index (κ2) is 8.97. The van der Waals surface area contributed by atoms with E-state index in [0.29, 0.717) is 0 Å². The number of anilines is 1. The first-order valence-electron chi connectivity index (χ1n) is 8.91. The Bertz CT molecular complexity index is 605. The summed E-state index contributed by atoms with van der Waals surface area (Å²) in [6, 6.07) is 7.82. The van der Waals surface area contributed by atoms with Gasteiger partial charge in [-0.3, -0.25) is 19.4 Å². The van der Waals surface area contributed by atoms with Crippen LogP contribution in [0.1, 0.15) is 31.7 Å². The number of carbonyl (C=O) groups excluding carboxylic acids is 1. The Morgan fingerprint density at radius 3 is 2.72 bits per heavy atom. The first kappa shape index (κ1) is 19.4. The monoisotopic (exact) mass is 347 g/mol. The van der Waals surface area contributed by atoms with Gasteiger partial charge in [-0.15, -0.1) is 0 Å². The molecule has 1 aliphatic rings. The summed E-state index contributed by atoms with van der Waals surface area (Å²) < 4.78 is 0. The number of hydrogen-bond donors (Lipinski definition) is 2. The van der Waals surface area contributed by atoms with Gasteiger partial charge in [-0.05, 0) is 58.3 Å². The molecule has 25 heavy (non-hydrogen) atoms. The summed E-state index contributed by atoms with van der Waals surface area (Å²) in [5.41, 5.74) is 1.91. The van der Waals surface area contributed by atoms with Crippen LogP contribution >= 0.6 is 0 Å². The molecule has 1 amide bonds. The molecule has 1 aromatic carbocycles. The maximum absolute atomic E-state index is 12.6. The largest absolute Gasteiger partial charge is 0.480 e. The van der Waals surface area contributed by atoms with Crippen molar-refractivity contribution in [3.8, 4) is 0 Å². The topological polar surface area (TPSA) is 72.9 Å². The predicted octanol–water partition coefficient (Wildman–Crippen LogP) is 2.19. The summed E-state index contributed by atoms with van der Waals surface area (Å²) >= 11 is 0. The van der Waals surface area contributed by atoms with E-state index in [1.165, 1.54) is 0 Å². The van der Waals surface area contributed by atoms with Crippen molar-refractivity contribution in [1.82, 2.24) is 9.80 Å². The number of likely N-dealkylation sites (N-methyl/N-ethyl adjacent to an activating group) is 1. The highest BCUT2D eigenvalue weighted by molar-refractivity contribution is 5.95. The zero-order valence-corrected chi connectivity index (χ0v) is 15.4. The Hall–Kier alpha value is -1.92. The average molecular weight is 347 g/mol. The van der Waals surface area contributed by atoms with Crippen LogP contribution in [0.4, 0.5) is 5.69 Å². The molecule has 2 N–H and O–H groups in total. The van der Waals surface area contributed by atoms with Crippen LogP contribution in [0.3, 0.4) is 0 Å². The minimum Gasteiger partial charge on any atom is -0.480 e. The number of carboxylic acid groups (broad SMARTS) is 1. The van der Waals surface area contributed by atoms with Crippen molar-refractivity contribution in [3.63, 3.8) is 0 Å². The molecule has 1 heterocycles. The molecule has 0 spiro atoms. The summed E-state index contributed by atoms with van der Waals surface area (Å²) in [6.45, 7) is 5.65. The van der Waals surface area contributed by atoms with E-state index in [4.69, 9.17) is 5.11 Å². The smallest absolute Gasteiger partial charge is 0.317 e. The number of aryl methyl sites for hydroxylation is 1. The molecule has 0 saturated carbocycles. The van der Waals surface area contributed by atoms with Crippen molar-refractivity contribution >= 4 is 17.6 Å². The first-order valence-corrected chi connectivity index (χ1v) is 8.91. The second-order valence-electron chi connectivity index (χ2n) is 6.91. The highest BCUT2D eigenvalue weighted by Crippen LogP contribution is 2.19. The quantitative estimate of drug-likeness (QED) is 0.825. The minimum atomic E-state index is -0.797. The number of hydrogen-bond acceptors (Lipinski definition) is 4. The Morgan fingerprint density at radius 2 is 2.04 bits per heavy atom. The molecule has 1 aromatic rings. The van der Waals surface area contributed by atoms with Crippen LogP contribution in [0.25, 0.3) is 0 Å². The van der Waals surface area contributed by atoms with E-state index in [9.17, 15) is 9.59 Å². The zero-order valence-electron chi connectivity index (χ0n) is 15.4. The van der Waals surface area contributed by atoms with E-state index in [-0.39, 0.29) is 24.5 Å². The minimum absolute atomic E-state index is 0.00615. The number of nitrogens with zero attached hydrogens (tertiary/aromatic N) is 2. The Balaban J connectivity index is 1.91. The van der Waals surface area contributed by atoms with Crippen molar-refractivity contribution < 1.29 is 14.7 Å². The van der Waals surface area contributed by atoms with Gasteiger partial charge in [-0.1, -0.05) is 18.2 Å². The molecular weight excluding hydrogens is 318 g/mol. The second-order valence-corrected chi connectivity index (χ2v) is 6.91. The van der Waals surface area contributed by atoms with E-state index >= 15 is 0 Å². The fourth-order valence-corrected chi connectivity index (χ4v) is 3.39. The molecule has 1 saturated heterocycles. The average Bonchev–Trinajstić information content (AvgIpc) is 2.81. The van der Waals surface area contributed by atoms with E-state index in [2.05, 4.69) is 10.2 Å². The van der Waals surface area contributed by atoms with Crippen LogP contribution < -0.4 is 5.32 Å². The number of likely N-dealkylation sites (tertiary alicyclic amines) is 1. The summed E-state index contributed by atoms with van der Waals surface area (Å²) in [7, 11) is 1.86. The van der Waals surface area contributed by atoms with E-state index in [0.717, 1.165) is 43.6 Å². The molecule has 1 fully saturated rings. The van der Waals surface area contributed by atoms with Gasteiger partial charge in [0.1, 0.15) is 0 Å². The number of rotatable bonds is 6. The van der Waals surface area contributed by atoms with Crippen LogP contribution in [0.2, 0.25) is 0 Å². The van der Waals surface area contributed by atoms with E-state index in [1.807, 2.05) is 50.1 Å². The SMILES string of the molecule is Cc1ccccc1NC(=O)C(C)N1CCCC(N(C)CC(=O)O)CC1. The van der Waals surface area contributed by atoms with Crippen molar-refractivity contribution in [1.29, 1.82) is 0 Å². The van der Waals surface area contributed by atoms with Gasteiger partial charge in [0.15, 0.2) is 0 Å². The summed E-state index contributed by atoms with van der Waals surface area (Å²) in [6.07, 6.45) is 2.81. The van der Waals surface area contributed by atoms with Crippen LogP contribution in [0.15, 0.2) is 24.3 Å². The van der Waals surface area contributed by atoms with Crippen molar-refractivity contribution in [3.05, 3.63) is 29.8 Å². The van der Waals surface area contributed by atoms with Gasteiger partial charge in [0.05, 0.1) is 12.6 Å². The molecule has 2 rings (SSSR count). The maximum atomic E-state index is 12.6. The highest BCUT2D eigenvalue weighted by atomic mass is 16.4. The third-order valence-corrected chi connectivity index (χ3v) is 5.07. The fourth-order valence-electron chi connectivity index (χ4n) is 3.39. The predicted molar refractivity (Wildman–Crippen MR) is 98.7 cm³/mol. The van der Waals surface area contributed by atoms with Gasteiger partial charge in [0.25, 0.3) is 0 Å². The first-order chi connectivity index (χ1) is 11.9. The summed E-state index contributed by atoms with van der Waals surface area (Å²) in [5, 5.41) is 12.0. The maximum Gasteiger partial charge on any atom is 0.317 e. The van der Waals surface area contributed by atoms with Crippen molar-refractivity contribution in [2.45, 2.75) is 45.2 Å². The molecule has 0 radical (unpaired) electrons. The van der Waals surface area contributed by atoms with E-state index in [1.54, 1.807) is 0 Å². The number of benzene rings is 1. The van der Waals surface area contributed by atoms with E-state index < -0.39 is 5.97 Å². The molecule has 1 aliphatic heterocycles. The molecule has 0 aromatic heterocycles. The third-order valence-electron chi connectivity index (χ3n) is 5.07. The fraction of sp³-hybridized carbons (Fsp3) is 0.579. The van der Waals surface area contributed by atoms with Crippen LogP contribution in [-0.2, 0) is 9.59 Å². The normalized spacial score (nSPS) is 20.1. The van der Waals surface area contributed by atoms with Gasteiger partial charge in [0, 0.05) is 18.3 Å². The lowest BCUT2D eigenvalue weighted by Gasteiger charge is -2.28. The van der Waals surface area contributed by atoms with Crippen molar-refractivity contribution in [2.75, 3.05) is 32.0 Å². The van der Waals surface area contributed by atoms with Gasteiger partial charge in [0.2, 0.25) is 5.91 Å². The zero-order chi connectivity index (χ0) is 18.4. The van der Waals surface area contributed by atoms with Gasteiger partial charge in [-0.2, -0.15) is 0 Å². The van der Waals surface area contributed by atoms with Gasteiger partial charge >= 0.3 is 5.97 Å². The van der Waals surface area contributed by atoms with Gasteiger partial charge < -0.3 is 10.4 Å². The molecule has 2 unspecified atom stereocenters. The molecule has 0 aliphatic carbocycles. The number of amides is 1. The third kappa shape index (κ3) is 5.54. The Kier molecular flexibility index (Phi) is 6.96. The Labute approximate surface area is 149 Å². The lowest BCUT2D eigenvalue weighted by molar-refractivity contribution is -0.138. The number of nitrogens with one attached hydrogen (secondary N) is 1. The standard InChI is InChI=1S/C19H29N3O3/c1-14-7-4-5-9-17(14)20-19(25)15(2)22-11-6-8-16(10-12-22)21(3)13-18(23)24/h4-5,7,9,15-16H,6,8,10-13H2,1-3H3,(H,20,25)(H,23,24). The number of carboxylic acids is 1. The number of aliphatic carboxylic acids is 1. The number of para-hydroxylation sites is 1. The number of carbonyl (C=O) groups is 2. The molecule has 6 heteroatoms. The van der Waals surface area contributed by atoms with Crippen LogP contribution in [0, 0.1) is 6.92 Å². The molecule has 6 nitrogen and oxygen atoms in total. The lowest BCUT2D eigenvalue weighted by atomic mass is 10.1. The summed E-state index contributed by atoms with van der Waals surface area (Å²) in [5.74, 6) is -0.791. The Morgan fingerprint density at radius 1 is 1.32 bits per heavy atom. The molecular formula is C19H29N3O3. The highest BCUT2D eigenvalue weighted by Gasteiger charge is 2.27. The van der Waals surface area contributed by atoms with Crippen LogP contribution in [-0.4, -0.2) is 65.5 Å². The summed E-state index contributed by atoms with van der Waals surface area (Å²) in [4.78, 5) is 27.6. The van der Waals surface area contributed by atoms with Crippen LogP contribution in [0.5, 0.6) is 0 Å². The van der Waals surface area contributed by atoms with Gasteiger partial charge in [-0.25, -0.2) is 0 Å².